The number of benzene rings is 1. The van der Waals surface area contributed by atoms with Crippen molar-refractivity contribution < 1.29 is 4.74 Å². The number of nitrogens with two attached hydrogens (primary N) is 1. The number of hydrogen-bond donors (Lipinski definition) is 1. The summed E-state index contributed by atoms with van der Waals surface area (Å²) in [6.45, 7) is 3.25. The Morgan fingerprint density at radius 3 is 2.33 bits per heavy atom. The highest BCUT2D eigenvalue weighted by Gasteiger charge is 2.24. The zero-order chi connectivity index (χ0) is 15.2. The van der Waals surface area contributed by atoms with Crippen LogP contribution in [0.5, 0.6) is 5.75 Å². The SMILES string of the molecule is COc1ccc(C(C(C)N)N(C)CC2CCCCC2)cc1. The number of nitrogens with zero attached hydrogens (tertiary/aromatic N) is 1. The van der Waals surface area contributed by atoms with Gasteiger partial charge in [0.25, 0.3) is 0 Å². The molecule has 3 nitrogen and oxygen atoms in total. The lowest BCUT2D eigenvalue weighted by molar-refractivity contribution is 0.166. The van der Waals surface area contributed by atoms with Gasteiger partial charge in [0.15, 0.2) is 0 Å². The fraction of sp³-hybridized carbons (Fsp3) is 0.667. The fourth-order valence-corrected chi connectivity index (χ4v) is 3.65. The molecule has 0 saturated heterocycles. The van der Waals surface area contributed by atoms with Gasteiger partial charge in [-0.25, -0.2) is 0 Å². The molecule has 0 heterocycles. The Morgan fingerprint density at radius 2 is 1.81 bits per heavy atom. The lowest BCUT2D eigenvalue weighted by Crippen LogP contribution is -2.39. The van der Waals surface area contributed by atoms with E-state index in [4.69, 9.17) is 10.5 Å². The van der Waals surface area contributed by atoms with Gasteiger partial charge in [0.2, 0.25) is 0 Å². The van der Waals surface area contributed by atoms with Gasteiger partial charge >= 0.3 is 0 Å². The van der Waals surface area contributed by atoms with Crippen molar-refractivity contribution in [1.29, 1.82) is 0 Å². The normalized spacial score (nSPS) is 19.5. The number of likely N-dealkylation sites (N-methyl/N-ethyl adjacent to an activating group) is 1. The number of methoxy groups -OCH3 is 1. The summed E-state index contributed by atoms with van der Waals surface area (Å²) in [7, 11) is 3.92. The van der Waals surface area contributed by atoms with E-state index >= 15 is 0 Å². The van der Waals surface area contributed by atoms with Crippen LogP contribution in [0.15, 0.2) is 24.3 Å². The Hall–Kier alpha value is -1.06. The van der Waals surface area contributed by atoms with E-state index in [1.807, 2.05) is 12.1 Å². The maximum atomic E-state index is 6.27. The van der Waals surface area contributed by atoms with E-state index in [2.05, 4.69) is 31.0 Å². The lowest BCUT2D eigenvalue weighted by atomic mass is 9.88. The van der Waals surface area contributed by atoms with Gasteiger partial charge in [0.05, 0.1) is 7.11 Å². The second-order valence-corrected chi connectivity index (χ2v) is 6.52. The highest BCUT2D eigenvalue weighted by molar-refractivity contribution is 5.29. The predicted octanol–water partition coefficient (Wildman–Crippen LogP) is 3.60. The van der Waals surface area contributed by atoms with Crippen molar-refractivity contribution in [1.82, 2.24) is 4.90 Å². The molecule has 0 aromatic heterocycles. The minimum atomic E-state index is 0.118. The van der Waals surface area contributed by atoms with Gasteiger partial charge in [-0.2, -0.15) is 0 Å². The average Bonchev–Trinajstić information content (AvgIpc) is 2.49. The van der Waals surface area contributed by atoms with Gasteiger partial charge in [-0.05, 0) is 50.4 Å². The Labute approximate surface area is 129 Å². The second-order valence-electron chi connectivity index (χ2n) is 6.52. The molecule has 1 aliphatic carbocycles. The van der Waals surface area contributed by atoms with Crippen molar-refractivity contribution in [2.75, 3.05) is 20.7 Å². The molecule has 0 aliphatic heterocycles. The second kappa shape index (κ2) is 7.81. The molecule has 118 valence electrons. The van der Waals surface area contributed by atoms with E-state index in [0.717, 1.165) is 18.2 Å². The Kier molecular flexibility index (Phi) is 6.07. The van der Waals surface area contributed by atoms with Crippen LogP contribution in [0.4, 0.5) is 0 Å². The van der Waals surface area contributed by atoms with Crippen molar-refractivity contribution >= 4 is 0 Å². The molecule has 1 saturated carbocycles. The first-order chi connectivity index (χ1) is 10.1. The summed E-state index contributed by atoms with van der Waals surface area (Å²) < 4.78 is 5.25. The summed E-state index contributed by atoms with van der Waals surface area (Å²) in [5, 5.41) is 0. The van der Waals surface area contributed by atoms with E-state index in [-0.39, 0.29) is 12.1 Å². The van der Waals surface area contributed by atoms with Crippen LogP contribution in [-0.4, -0.2) is 31.6 Å². The molecule has 1 fully saturated rings. The van der Waals surface area contributed by atoms with Crippen LogP contribution < -0.4 is 10.5 Å². The summed E-state index contributed by atoms with van der Waals surface area (Å²) in [4.78, 5) is 2.45. The summed E-state index contributed by atoms with van der Waals surface area (Å²) in [5.41, 5.74) is 7.55. The topological polar surface area (TPSA) is 38.5 Å². The lowest BCUT2D eigenvalue weighted by Gasteiger charge is -2.35. The van der Waals surface area contributed by atoms with Gasteiger partial charge in [0.1, 0.15) is 5.75 Å². The van der Waals surface area contributed by atoms with Gasteiger partial charge < -0.3 is 10.5 Å². The van der Waals surface area contributed by atoms with Crippen LogP contribution in [0.3, 0.4) is 0 Å². The fourth-order valence-electron chi connectivity index (χ4n) is 3.65. The largest absolute Gasteiger partial charge is 0.497 e. The summed E-state index contributed by atoms with van der Waals surface area (Å²) >= 11 is 0. The molecule has 2 rings (SSSR count). The zero-order valence-electron chi connectivity index (χ0n) is 13.7. The van der Waals surface area contributed by atoms with E-state index in [0.29, 0.717) is 0 Å². The summed E-state index contributed by atoms with van der Waals surface area (Å²) in [6, 6.07) is 8.73. The van der Waals surface area contributed by atoms with Gasteiger partial charge in [-0.15, -0.1) is 0 Å². The first-order valence-corrected chi connectivity index (χ1v) is 8.21. The molecule has 21 heavy (non-hydrogen) atoms. The number of hydrogen-bond acceptors (Lipinski definition) is 3. The predicted molar refractivity (Wildman–Crippen MR) is 88.6 cm³/mol. The molecular weight excluding hydrogens is 260 g/mol. The maximum Gasteiger partial charge on any atom is 0.118 e. The molecular formula is C18H30N2O. The molecule has 3 heteroatoms. The van der Waals surface area contributed by atoms with Crippen LogP contribution >= 0.6 is 0 Å². The van der Waals surface area contributed by atoms with Gasteiger partial charge in [0, 0.05) is 18.6 Å². The molecule has 0 spiro atoms. The highest BCUT2D eigenvalue weighted by atomic mass is 16.5. The third-order valence-corrected chi connectivity index (χ3v) is 4.70. The molecule has 2 N–H and O–H groups in total. The maximum absolute atomic E-state index is 6.27. The van der Waals surface area contributed by atoms with Crippen LogP contribution in [0.1, 0.15) is 50.6 Å². The van der Waals surface area contributed by atoms with Gasteiger partial charge in [-0.3, -0.25) is 4.90 Å². The average molecular weight is 290 g/mol. The summed E-state index contributed by atoms with van der Waals surface area (Å²) in [5.74, 6) is 1.74. The molecule has 2 atom stereocenters. The van der Waals surface area contributed by atoms with Crippen molar-refractivity contribution in [2.45, 2.75) is 51.1 Å². The van der Waals surface area contributed by atoms with Crippen LogP contribution in [0.2, 0.25) is 0 Å². The molecule has 1 aliphatic rings. The minimum Gasteiger partial charge on any atom is -0.497 e. The third kappa shape index (κ3) is 4.45. The Balaban J connectivity index is 2.05. The first kappa shape index (κ1) is 16.3. The molecule has 0 bridgehead atoms. The van der Waals surface area contributed by atoms with Crippen molar-refractivity contribution in [3.8, 4) is 5.75 Å². The highest BCUT2D eigenvalue weighted by Crippen LogP contribution is 2.29. The molecule has 1 aromatic carbocycles. The minimum absolute atomic E-state index is 0.118. The number of rotatable bonds is 6. The Bertz CT molecular complexity index is 410. The van der Waals surface area contributed by atoms with Gasteiger partial charge in [-0.1, -0.05) is 31.4 Å². The standard InChI is InChI=1S/C18H30N2O/c1-14(19)18(16-9-11-17(21-3)12-10-16)20(2)13-15-7-5-4-6-8-15/h9-12,14-15,18H,4-8,13,19H2,1-3H3. The van der Waals surface area contributed by atoms with Crippen molar-refractivity contribution in [2.24, 2.45) is 11.7 Å². The molecule has 2 unspecified atom stereocenters. The smallest absolute Gasteiger partial charge is 0.118 e. The number of ether oxygens (including phenoxy) is 1. The van der Waals surface area contributed by atoms with Crippen molar-refractivity contribution in [3.63, 3.8) is 0 Å². The quantitative estimate of drug-likeness (QED) is 0.870. The van der Waals surface area contributed by atoms with E-state index < -0.39 is 0 Å². The van der Waals surface area contributed by atoms with Crippen molar-refractivity contribution in [3.05, 3.63) is 29.8 Å². The Morgan fingerprint density at radius 1 is 1.19 bits per heavy atom. The van der Waals surface area contributed by atoms with E-state index in [1.165, 1.54) is 37.7 Å². The zero-order valence-corrected chi connectivity index (χ0v) is 13.7. The van der Waals surface area contributed by atoms with E-state index in [1.54, 1.807) is 7.11 Å². The first-order valence-electron chi connectivity index (χ1n) is 8.21. The van der Waals surface area contributed by atoms with E-state index in [9.17, 15) is 0 Å². The van der Waals surface area contributed by atoms with Crippen LogP contribution in [0.25, 0.3) is 0 Å². The molecule has 0 radical (unpaired) electrons. The third-order valence-electron chi connectivity index (χ3n) is 4.70. The monoisotopic (exact) mass is 290 g/mol. The summed E-state index contributed by atoms with van der Waals surface area (Å²) in [6.07, 6.45) is 6.94. The molecule has 0 amide bonds. The molecule has 1 aromatic rings. The van der Waals surface area contributed by atoms with Crippen LogP contribution in [0, 0.1) is 5.92 Å². The van der Waals surface area contributed by atoms with Crippen LogP contribution in [-0.2, 0) is 0 Å².